The van der Waals surface area contributed by atoms with Crippen molar-refractivity contribution in [3.05, 3.63) is 28.3 Å². The van der Waals surface area contributed by atoms with Crippen molar-refractivity contribution in [2.75, 3.05) is 0 Å². The van der Waals surface area contributed by atoms with Crippen LogP contribution in [0.1, 0.15) is 30.9 Å². The molecule has 82 valence electrons. The zero-order valence-corrected chi connectivity index (χ0v) is 9.38. The number of carboxylic acid groups (broad SMARTS) is 1. The summed E-state index contributed by atoms with van der Waals surface area (Å²) in [5.41, 5.74) is 1.17. The highest BCUT2D eigenvalue weighted by atomic mass is 35.5. The number of phenols is 1. The Labute approximate surface area is 93.3 Å². The summed E-state index contributed by atoms with van der Waals surface area (Å²) >= 11 is 5.98. The number of phenolic OH excluding ortho intramolecular Hbond substituents is 1. The fraction of sp³-hybridized carbons (Fsp3) is 0.364. The summed E-state index contributed by atoms with van der Waals surface area (Å²) in [5.74, 6) is -0.800. The Bertz CT molecular complexity index is 386. The van der Waals surface area contributed by atoms with Gasteiger partial charge < -0.3 is 10.2 Å². The Morgan fingerprint density at radius 1 is 1.47 bits per heavy atom. The van der Waals surface area contributed by atoms with Gasteiger partial charge in [0, 0.05) is 10.6 Å². The Morgan fingerprint density at radius 3 is 2.53 bits per heavy atom. The number of hydrogen-bond acceptors (Lipinski definition) is 2. The van der Waals surface area contributed by atoms with Crippen LogP contribution in [0.2, 0.25) is 5.02 Å². The molecule has 0 unspecified atom stereocenters. The number of aromatic hydroxyl groups is 1. The number of aliphatic carboxylic acids is 1. The Hall–Kier alpha value is -1.22. The lowest BCUT2D eigenvalue weighted by molar-refractivity contribution is -0.136. The Balaban J connectivity index is 3.13. The molecule has 0 aromatic heterocycles. The van der Waals surface area contributed by atoms with Gasteiger partial charge in [0.2, 0.25) is 0 Å². The molecule has 0 spiro atoms. The SMILES string of the molecule is CC(C)c1cc(O)c(CC(=O)O)cc1Cl. The minimum Gasteiger partial charge on any atom is -0.508 e. The minimum absolute atomic E-state index is 0.00880. The van der Waals surface area contributed by atoms with Crippen LogP contribution in [0.3, 0.4) is 0 Å². The van der Waals surface area contributed by atoms with Gasteiger partial charge in [0.15, 0.2) is 0 Å². The van der Waals surface area contributed by atoms with E-state index in [1.54, 1.807) is 0 Å². The molecule has 2 N–H and O–H groups in total. The highest BCUT2D eigenvalue weighted by molar-refractivity contribution is 6.31. The second kappa shape index (κ2) is 4.53. The zero-order chi connectivity index (χ0) is 11.6. The van der Waals surface area contributed by atoms with E-state index in [2.05, 4.69) is 0 Å². The topological polar surface area (TPSA) is 57.5 Å². The number of halogens is 1. The first-order chi connectivity index (χ1) is 6.91. The van der Waals surface area contributed by atoms with Gasteiger partial charge in [-0.05, 0) is 23.6 Å². The average molecular weight is 229 g/mol. The molecule has 1 aromatic rings. The summed E-state index contributed by atoms with van der Waals surface area (Å²) in [5, 5.41) is 18.7. The highest BCUT2D eigenvalue weighted by Crippen LogP contribution is 2.31. The Kier molecular flexibility index (Phi) is 3.58. The maximum absolute atomic E-state index is 10.5. The number of rotatable bonds is 3. The van der Waals surface area contributed by atoms with E-state index in [4.69, 9.17) is 16.7 Å². The van der Waals surface area contributed by atoms with Crippen molar-refractivity contribution in [2.45, 2.75) is 26.2 Å². The molecule has 0 atom stereocenters. The van der Waals surface area contributed by atoms with E-state index in [-0.39, 0.29) is 18.1 Å². The monoisotopic (exact) mass is 228 g/mol. The second-order valence-electron chi connectivity index (χ2n) is 3.73. The van der Waals surface area contributed by atoms with Crippen molar-refractivity contribution in [1.82, 2.24) is 0 Å². The molecule has 0 fully saturated rings. The van der Waals surface area contributed by atoms with E-state index in [0.717, 1.165) is 5.56 Å². The molecule has 0 radical (unpaired) electrons. The molecule has 0 aliphatic heterocycles. The Morgan fingerprint density at radius 2 is 2.07 bits per heavy atom. The third-order valence-corrected chi connectivity index (χ3v) is 2.49. The molecule has 0 saturated carbocycles. The van der Waals surface area contributed by atoms with Crippen molar-refractivity contribution in [3.63, 3.8) is 0 Å². The van der Waals surface area contributed by atoms with E-state index in [0.29, 0.717) is 10.6 Å². The number of carboxylic acids is 1. The van der Waals surface area contributed by atoms with E-state index in [1.165, 1.54) is 12.1 Å². The van der Waals surface area contributed by atoms with Crippen LogP contribution in [0, 0.1) is 0 Å². The lowest BCUT2D eigenvalue weighted by Gasteiger charge is -2.11. The van der Waals surface area contributed by atoms with Crippen LogP contribution in [0.25, 0.3) is 0 Å². The van der Waals surface area contributed by atoms with Crippen LogP contribution in [0.4, 0.5) is 0 Å². The van der Waals surface area contributed by atoms with Gasteiger partial charge >= 0.3 is 5.97 Å². The van der Waals surface area contributed by atoms with Gasteiger partial charge in [0.25, 0.3) is 0 Å². The van der Waals surface area contributed by atoms with Crippen molar-refractivity contribution in [1.29, 1.82) is 0 Å². The number of hydrogen-bond donors (Lipinski definition) is 2. The van der Waals surface area contributed by atoms with Crippen LogP contribution >= 0.6 is 11.6 Å². The second-order valence-corrected chi connectivity index (χ2v) is 4.13. The first kappa shape index (κ1) is 11.9. The summed E-state index contributed by atoms with van der Waals surface area (Å²) < 4.78 is 0. The number of benzene rings is 1. The normalized spacial score (nSPS) is 10.7. The fourth-order valence-electron chi connectivity index (χ4n) is 1.37. The van der Waals surface area contributed by atoms with Gasteiger partial charge in [-0.25, -0.2) is 0 Å². The fourth-order valence-corrected chi connectivity index (χ4v) is 1.77. The summed E-state index contributed by atoms with van der Waals surface area (Å²) in [4.78, 5) is 10.5. The summed E-state index contributed by atoms with van der Waals surface area (Å²) in [7, 11) is 0. The maximum atomic E-state index is 10.5. The van der Waals surface area contributed by atoms with Crippen molar-refractivity contribution >= 4 is 17.6 Å². The molecular formula is C11H13ClO3. The third kappa shape index (κ3) is 2.86. The van der Waals surface area contributed by atoms with Crippen molar-refractivity contribution < 1.29 is 15.0 Å². The lowest BCUT2D eigenvalue weighted by atomic mass is 9.99. The first-order valence-corrected chi connectivity index (χ1v) is 5.02. The first-order valence-electron chi connectivity index (χ1n) is 4.65. The van der Waals surface area contributed by atoms with E-state index in [1.807, 2.05) is 13.8 Å². The maximum Gasteiger partial charge on any atom is 0.307 e. The highest BCUT2D eigenvalue weighted by Gasteiger charge is 2.12. The lowest BCUT2D eigenvalue weighted by Crippen LogP contribution is -2.01. The molecule has 1 aromatic carbocycles. The van der Waals surface area contributed by atoms with Gasteiger partial charge in [0.05, 0.1) is 6.42 Å². The van der Waals surface area contributed by atoms with Crippen molar-refractivity contribution in [3.8, 4) is 5.75 Å². The molecule has 4 heteroatoms. The van der Waals surface area contributed by atoms with Crippen LogP contribution in [-0.4, -0.2) is 16.2 Å². The molecule has 0 amide bonds. The summed E-state index contributed by atoms with van der Waals surface area (Å²) in [6.45, 7) is 3.91. The van der Waals surface area contributed by atoms with Crippen molar-refractivity contribution in [2.24, 2.45) is 0 Å². The number of carbonyl (C=O) groups is 1. The van der Waals surface area contributed by atoms with Gasteiger partial charge in [-0.2, -0.15) is 0 Å². The smallest absolute Gasteiger partial charge is 0.307 e. The van der Waals surface area contributed by atoms with Gasteiger partial charge in [-0.3, -0.25) is 4.79 Å². The molecule has 0 bridgehead atoms. The zero-order valence-electron chi connectivity index (χ0n) is 8.62. The summed E-state index contributed by atoms with van der Waals surface area (Å²) in [6, 6.07) is 3.05. The minimum atomic E-state index is -0.987. The molecule has 0 saturated heterocycles. The van der Waals surface area contributed by atoms with E-state index < -0.39 is 5.97 Å². The summed E-state index contributed by atoms with van der Waals surface area (Å²) in [6.07, 6.45) is -0.218. The average Bonchev–Trinajstić information content (AvgIpc) is 2.09. The standard InChI is InChI=1S/C11H13ClO3/c1-6(2)8-5-10(13)7(3-9(8)12)4-11(14)15/h3,5-6,13H,4H2,1-2H3,(H,14,15). The molecule has 0 aliphatic carbocycles. The molecule has 15 heavy (non-hydrogen) atoms. The predicted octanol–water partition coefficient (Wildman–Crippen LogP) is 2.80. The molecular weight excluding hydrogens is 216 g/mol. The van der Waals surface area contributed by atoms with Crippen LogP contribution < -0.4 is 0 Å². The van der Waals surface area contributed by atoms with Crippen LogP contribution in [0.5, 0.6) is 5.75 Å². The largest absolute Gasteiger partial charge is 0.508 e. The molecule has 0 heterocycles. The third-order valence-electron chi connectivity index (χ3n) is 2.16. The molecule has 0 aliphatic rings. The van der Waals surface area contributed by atoms with Crippen LogP contribution in [0.15, 0.2) is 12.1 Å². The van der Waals surface area contributed by atoms with Gasteiger partial charge in [-0.15, -0.1) is 0 Å². The van der Waals surface area contributed by atoms with Gasteiger partial charge in [-0.1, -0.05) is 25.4 Å². The van der Waals surface area contributed by atoms with Crippen LogP contribution in [-0.2, 0) is 11.2 Å². The van der Waals surface area contributed by atoms with Gasteiger partial charge in [0.1, 0.15) is 5.75 Å². The molecule has 1 rings (SSSR count). The van der Waals surface area contributed by atoms with E-state index in [9.17, 15) is 9.90 Å². The predicted molar refractivity (Wildman–Crippen MR) is 58.5 cm³/mol. The van der Waals surface area contributed by atoms with E-state index >= 15 is 0 Å². The molecule has 3 nitrogen and oxygen atoms in total. The quantitative estimate of drug-likeness (QED) is 0.837.